The van der Waals surface area contributed by atoms with Gasteiger partial charge in [0.1, 0.15) is 5.75 Å². The third kappa shape index (κ3) is 4.38. The fraction of sp³-hybridized carbons (Fsp3) is 0.130. The van der Waals surface area contributed by atoms with Crippen LogP contribution in [-0.2, 0) is 0 Å². The fourth-order valence-corrected chi connectivity index (χ4v) is 2.73. The van der Waals surface area contributed by atoms with Crippen LogP contribution in [0.4, 0.5) is 11.4 Å². The SMILES string of the molecule is COc1ccc(NC(=O)c2ccc(C(=O)Nc3cccc(C)c3C)cc2)cc1. The zero-order chi connectivity index (χ0) is 20.1. The van der Waals surface area contributed by atoms with Crippen molar-refractivity contribution >= 4 is 23.2 Å². The van der Waals surface area contributed by atoms with Gasteiger partial charge in [-0.1, -0.05) is 12.1 Å². The highest BCUT2D eigenvalue weighted by Crippen LogP contribution is 2.19. The molecule has 0 bridgehead atoms. The highest BCUT2D eigenvalue weighted by molar-refractivity contribution is 6.07. The first-order valence-corrected chi connectivity index (χ1v) is 8.91. The van der Waals surface area contributed by atoms with E-state index in [1.54, 1.807) is 55.6 Å². The maximum atomic E-state index is 12.5. The molecule has 3 rings (SSSR count). The van der Waals surface area contributed by atoms with E-state index in [2.05, 4.69) is 10.6 Å². The third-order valence-corrected chi connectivity index (χ3v) is 4.61. The first kappa shape index (κ1) is 19.2. The Kier molecular flexibility index (Phi) is 5.75. The van der Waals surface area contributed by atoms with Crippen LogP contribution in [0.3, 0.4) is 0 Å². The number of benzene rings is 3. The Morgan fingerprint density at radius 1 is 0.750 bits per heavy atom. The molecule has 28 heavy (non-hydrogen) atoms. The van der Waals surface area contributed by atoms with E-state index < -0.39 is 0 Å². The topological polar surface area (TPSA) is 67.4 Å². The molecular formula is C23H22N2O3. The minimum absolute atomic E-state index is 0.212. The Balaban J connectivity index is 1.67. The molecule has 0 radical (unpaired) electrons. The quantitative estimate of drug-likeness (QED) is 0.673. The normalized spacial score (nSPS) is 10.2. The van der Waals surface area contributed by atoms with E-state index in [9.17, 15) is 9.59 Å². The average molecular weight is 374 g/mol. The Morgan fingerprint density at radius 3 is 1.89 bits per heavy atom. The lowest BCUT2D eigenvalue weighted by atomic mass is 10.1. The van der Waals surface area contributed by atoms with Gasteiger partial charge < -0.3 is 15.4 Å². The van der Waals surface area contributed by atoms with Crippen LogP contribution in [0.15, 0.2) is 66.7 Å². The van der Waals surface area contributed by atoms with Crippen molar-refractivity contribution in [3.63, 3.8) is 0 Å². The number of carbonyl (C=O) groups excluding carboxylic acids is 2. The molecule has 0 aliphatic rings. The number of hydrogen-bond acceptors (Lipinski definition) is 3. The number of anilines is 2. The van der Waals surface area contributed by atoms with Gasteiger partial charge in [-0.15, -0.1) is 0 Å². The minimum atomic E-state index is -0.244. The summed E-state index contributed by atoms with van der Waals surface area (Å²) in [6, 6.07) is 19.4. The average Bonchev–Trinajstić information content (AvgIpc) is 2.72. The Bertz CT molecular complexity index is 993. The van der Waals surface area contributed by atoms with E-state index in [4.69, 9.17) is 4.74 Å². The van der Waals surface area contributed by atoms with Gasteiger partial charge in [0, 0.05) is 22.5 Å². The van der Waals surface area contributed by atoms with E-state index in [0.29, 0.717) is 16.8 Å². The minimum Gasteiger partial charge on any atom is -0.497 e. The van der Waals surface area contributed by atoms with Gasteiger partial charge in [-0.3, -0.25) is 9.59 Å². The molecule has 2 amide bonds. The summed E-state index contributed by atoms with van der Waals surface area (Å²) in [5, 5.41) is 5.73. The van der Waals surface area contributed by atoms with Gasteiger partial charge in [0.2, 0.25) is 0 Å². The van der Waals surface area contributed by atoms with Crippen molar-refractivity contribution in [3.05, 3.63) is 89.0 Å². The van der Waals surface area contributed by atoms with Crippen molar-refractivity contribution in [3.8, 4) is 5.75 Å². The lowest BCUT2D eigenvalue weighted by Gasteiger charge is -2.11. The van der Waals surface area contributed by atoms with Gasteiger partial charge in [-0.2, -0.15) is 0 Å². The van der Waals surface area contributed by atoms with Crippen molar-refractivity contribution in [2.24, 2.45) is 0 Å². The number of carbonyl (C=O) groups is 2. The molecule has 0 aromatic heterocycles. The van der Waals surface area contributed by atoms with Crippen LogP contribution in [0.2, 0.25) is 0 Å². The van der Waals surface area contributed by atoms with Crippen molar-refractivity contribution in [2.45, 2.75) is 13.8 Å². The summed E-state index contributed by atoms with van der Waals surface area (Å²) < 4.78 is 5.10. The second-order valence-electron chi connectivity index (χ2n) is 6.46. The van der Waals surface area contributed by atoms with Crippen LogP contribution < -0.4 is 15.4 Å². The molecule has 2 N–H and O–H groups in total. The third-order valence-electron chi connectivity index (χ3n) is 4.61. The molecule has 0 atom stereocenters. The molecule has 142 valence electrons. The second-order valence-corrected chi connectivity index (χ2v) is 6.46. The van der Waals surface area contributed by atoms with Crippen LogP contribution in [-0.4, -0.2) is 18.9 Å². The largest absolute Gasteiger partial charge is 0.497 e. The van der Waals surface area contributed by atoms with Crippen molar-refractivity contribution in [1.82, 2.24) is 0 Å². The second kappa shape index (κ2) is 8.39. The molecule has 3 aromatic rings. The van der Waals surface area contributed by atoms with Crippen LogP contribution >= 0.6 is 0 Å². The maximum Gasteiger partial charge on any atom is 0.255 e. The zero-order valence-electron chi connectivity index (χ0n) is 16.1. The summed E-state index contributed by atoms with van der Waals surface area (Å²) >= 11 is 0. The lowest BCUT2D eigenvalue weighted by molar-refractivity contribution is 0.101. The monoisotopic (exact) mass is 374 g/mol. The number of rotatable bonds is 5. The Morgan fingerprint density at radius 2 is 1.32 bits per heavy atom. The predicted molar refractivity (Wildman–Crippen MR) is 111 cm³/mol. The summed E-state index contributed by atoms with van der Waals surface area (Å²) in [6.45, 7) is 3.97. The van der Waals surface area contributed by atoms with Crippen molar-refractivity contribution in [2.75, 3.05) is 17.7 Å². The molecule has 5 heteroatoms. The van der Waals surface area contributed by atoms with E-state index in [-0.39, 0.29) is 11.8 Å². The molecule has 0 spiro atoms. The first-order chi connectivity index (χ1) is 13.5. The standard InChI is InChI=1S/C23H22N2O3/c1-15-5-4-6-21(16(15)2)25-23(27)18-9-7-17(8-10-18)22(26)24-19-11-13-20(28-3)14-12-19/h4-14H,1-3H3,(H,24,26)(H,25,27). The maximum absolute atomic E-state index is 12.5. The Labute approximate surface area is 164 Å². The molecule has 0 saturated carbocycles. The number of amides is 2. The summed E-state index contributed by atoms with van der Waals surface area (Å²) in [7, 11) is 1.59. The van der Waals surface area contributed by atoms with Crippen LogP contribution in [0, 0.1) is 13.8 Å². The molecule has 0 fully saturated rings. The highest BCUT2D eigenvalue weighted by atomic mass is 16.5. The molecule has 0 unspecified atom stereocenters. The van der Waals surface area contributed by atoms with Gasteiger partial charge in [-0.05, 0) is 79.6 Å². The van der Waals surface area contributed by atoms with E-state index in [1.807, 2.05) is 32.0 Å². The van der Waals surface area contributed by atoms with Gasteiger partial charge >= 0.3 is 0 Å². The summed E-state index contributed by atoms with van der Waals surface area (Å²) in [5.41, 5.74) is 4.56. The number of methoxy groups -OCH3 is 1. The van der Waals surface area contributed by atoms with E-state index in [1.165, 1.54) is 0 Å². The number of hydrogen-bond donors (Lipinski definition) is 2. The van der Waals surface area contributed by atoms with Crippen LogP contribution in [0.5, 0.6) is 5.75 Å². The molecule has 0 saturated heterocycles. The van der Waals surface area contributed by atoms with Gasteiger partial charge in [0.15, 0.2) is 0 Å². The van der Waals surface area contributed by atoms with E-state index >= 15 is 0 Å². The molecule has 5 nitrogen and oxygen atoms in total. The molecule has 3 aromatic carbocycles. The number of ether oxygens (including phenoxy) is 1. The number of aryl methyl sites for hydroxylation is 1. The van der Waals surface area contributed by atoms with Crippen LogP contribution in [0.1, 0.15) is 31.8 Å². The summed E-state index contributed by atoms with van der Waals surface area (Å²) in [6.07, 6.45) is 0. The van der Waals surface area contributed by atoms with Crippen LogP contribution in [0.25, 0.3) is 0 Å². The summed E-state index contributed by atoms with van der Waals surface area (Å²) in [5.74, 6) is 0.264. The highest BCUT2D eigenvalue weighted by Gasteiger charge is 2.11. The molecular weight excluding hydrogens is 352 g/mol. The lowest BCUT2D eigenvalue weighted by Crippen LogP contribution is -2.15. The molecule has 0 aliphatic heterocycles. The first-order valence-electron chi connectivity index (χ1n) is 8.91. The number of nitrogens with one attached hydrogen (secondary N) is 2. The fourth-order valence-electron chi connectivity index (χ4n) is 2.73. The van der Waals surface area contributed by atoms with Gasteiger partial charge in [0.05, 0.1) is 7.11 Å². The smallest absolute Gasteiger partial charge is 0.255 e. The van der Waals surface area contributed by atoms with Crippen molar-refractivity contribution in [1.29, 1.82) is 0 Å². The molecule has 0 aliphatic carbocycles. The van der Waals surface area contributed by atoms with Crippen molar-refractivity contribution < 1.29 is 14.3 Å². The molecule has 0 heterocycles. The zero-order valence-corrected chi connectivity index (χ0v) is 16.1. The predicted octanol–water partition coefficient (Wildman–Crippen LogP) is 4.82. The summed E-state index contributed by atoms with van der Waals surface area (Å²) in [4.78, 5) is 24.9. The Hall–Kier alpha value is -3.60. The van der Waals surface area contributed by atoms with Gasteiger partial charge in [-0.25, -0.2) is 0 Å². The van der Waals surface area contributed by atoms with Gasteiger partial charge in [0.25, 0.3) is 11.8 Å². The van der Waals surface area contributed by atoms with E-state index in [0.717, 1.165) is 22.6 Å².